The Balaban J connectivity index is 1.93. The highest BCUT2D eigenvalue weighted by Crippen LogP contribution is 2.28. The Bertz CT molecular complexity index is 720. The molecule has 6 heteroatoms. The van der Waals surface area contributed by atoms with E-state index in [1.165, 1.54) is 0 Å². The Labute approximate surface area is 160 Å². The van der Waals surface area contributed by atoms with Crippen molar-refractivity contribution < 1.29 is 9.47 Å². The fraction of sp³-hybridized carbons (Fsp3) is 0.300. The van der Waals surface area contributed by atoms with Gasteiger partial charge in [0.25, 0.3) is 0 Å². The number of hydrogen-bond acceptors (Lipinski definition) is 4. The molecule has 2 rings (SSSR count). The molecule has 26 heavy (non-hydrogen) atoms. The summed E-state index contributed by atoms with van der Waals surface area (Å²) in [6.45, 7) is 5.35. The van der Waals surface area contributed by atoms with Gasteiger partial charge < -0.3 is 14.8 Å². The molecule has 2 aromatic carbocycles. The van der Waals surface area contributed by atoms with Crippen LogP contribution in [-0.2, 0) is 0 Å². The number of hydrogen-bond donors (Lipinski definition) is 2. The van der Waals surface area contributed by atoms with E-state index in [1.807, 2.05) is 55.5 Å². The van der Waals surface area contributed by atoms with Crippen LogP contribution >= 0.6 is 12.2 Å². The Morgan fingerprint density at radius 2 is 1.88 bits per heavy atom. The number of rotatable bonds is 9. The number of ether oxygens (including phenoxy) is 2. The van der Waals surface area contributed by atoms with Crippen molar-refractivity contribution in [2.24, 2.45) is 5.10 Å². The third-order valence-corrected chi connectivity index (χ3v) is 3.63. The number of nitrogens with zero attached hydrogens (tertiary/aromatic N) is 1. The number of hydrazone groups is 1. The molecular formula is C20H25N3O2S. The summed E-state index contributed by atoms with van der Waals surface area (Å²) in [4.78, 5) is 0. The predicted molar refractivity (Wildman–Crippen MR) is 111 cm³/mol. The zero-order valence-electron chi connectivity index (χ0n) is 15.2. The van der Waals surface area contributed by atoms with Crippen LogP contribution in [0.4, 0.5) is 5.69 Å². The second kappa shape index (κ2) is 11.1. The normalized spacial score (nSPS) is 10.5. The van der Waals surface area contributed by atoms with Gasteiger partial charge >= 0.3 is 0 Å². The maximum Gasteiger partial charge on any atom is 0.191 e. The van der Waals surface area contributed by atoms with Gasteiger partial charge in [-0.25, -0.2) is 0 Å². The van der Waals surface area contributed by atoms with Crippen LogP contribution in [0.3, 0.4) is 0 Å². The lowest BCUT2D eigenvalue weighted by molar-refractivity contribution is 0.272. The van der Waals surface area contributed by atoms with E-state index in [-0.39, 0.29) is 0 Å². The largest absolute Gasteiger partial charge is 0.490 e. The first-order valence-electron chi connectivity index (χ1n) is 8.77. The maximum atomic E-state index is 5.78. The maximum absolute atomic E-state index is 5.78. The summed E-state index contributed by atoms with van der Waals surface area (Å²) < 4.78 is 11.4. The standard InChI is InChI=1S/C20H25N3O2S/c1-3-5-13-25-18-12-11-16(14-19(18)24-4-2)15-21-23-20(26)22-17-9-7-6-8-10-17/h6-12,14-15H,3-5,13H2,1-2H3,(H2,22,23,26)/b21-15+. The van der Waals surface area contributed by atoms with Crippen molar-refractivity contribution in [1.29, 1.82) is 0 Å². The SMILES string of the molecule is CCCCOc1ccc(/C=N/NC(=S)Nc2ccccc2)cc1OCC. The van der Waals surface area contributed by atoms with E-state index in [0.29, 0.717) is 18.3 Å². The summed E-state index contributed by atoms with van der Waals surface area (Å²) in [5.41, 5.74) is 4.61. The lowest BCUT2D eigenvalue weighted by atomic mass is 10.2. The van der Waals surface area contributed by atoms with Crippen LogP contribution in [0.1, 0.15) is 32.3 Å². The molecule has 0 bridgehead atoms. The fourth-order valence-electron chi connectivity index (χ4n) is 2.16. The van der Waals surface area contributed by atoms with E-state index in [1.54, 1.807) is 6.21 Å². The number of anilines is 1. The van der Waals surface area contributed by atoms with Crippen molar-refractivity contribution in [3.05, 3.63) is 54.1 Å². The molecule has 0 fully saturated rings. The number of benzene rings is 2. The minimum Gasteiger partial charge on any atom is -0.490 e. The second-order valence-electron chi connectivity index (χ2n) is 5.53. The van der Waals surface area contributed by atoms with Crippen molar-refractivity contribution in [3.8, 4) is 11.5 Å². The van der Waals surface area contributed by atoms with Crippen molar-refractivity contribution in [2.75, 3.05) is 18.5 Å². The van der Waals surface area contributed by atoms with Crippen LogP contribution in [0.5, 0.6) is 11.5 Å². The first kappa shape index (κ1) is 19.7. The van der Waals surface area contributed by atoms with Gasteiger partial charge in [-0.1, -0.05) is 31.5 Å². The topological polar surface area (TPSA) is 54.9 Å². The van der Waals surface area contributed by atoms with Crippen LogP contribution in [0.25, 0.3) is 0 Å². The number of thiocarbonyl (C=S) groups is 1. The predicted octanol–water partition coefficient (Wildman–Crippen LogP) is 4.58. The first-order chi connectivity index (χ1) is 12.7. The minimum absolute atomic E-state index is 0.428. The van der Waals surface area contributed by atoms with E-state index in [9.17, 15) is 0 Å². The molecule has 0 saturated heterocycles. The van der Waals surface area contributed by atoms with Gasteiger partial charge in [0.2, 0.25) is 0 Å². The summed E-state index contributed by atoms with van der Waals surface area (Å²) >= 11 is 5.22. The highest BCUT2D eigenvalue weighted by Gasteiger charge is 2.05. The van der Waals surface area contributed by atoms with Gasteiger partial charge in [-0.05, 0) is 61.5 Å². The second-order valence-corrected chi connectivity index (χ2v) is 5.94. The molecular weight excluding hydrogens is 346 g/mol. The molecule has 138 valence electrons. The summed E-state index contributed by atoms with van der Waals surface area (Å²) in [5, 5.41) is 7.66. The van der Waals surface area contributed by atoms with Crippen molar-refractivity contribution >= 4 is 29.2 Å². The smallest absolute Gasteiger partial charge is 0.191 e. The van der Waals surface area contributed by atoms with Gasteiger partial charge in [0, 0.05) is 5.69 Å². The number of para-hydroxylation sites is 1. The summed E-state index contributed by atoms with van der Waals surface area (Å²) in [6.07, 6.45) is 3.80. The summed E-state index contributed by atoms with van der Waals surface area (Å²) in [5.74, 6) is 1.48. The van der Waals surface area contributed by atoms with Crippen molar-refractivity contribution in [2.45, 2.75) is 26.7 Å². The molecule has 0 aromatic heterocycles. The van der Waals surface area contributed by atoms with Gasteiger partial charge in [-0.3, -0.25) is 5.43 Å². The molecule has 0 atom stereocenters. The van der Waals surface area contributed by atoms with Gasteiger partial charge in [-0.2, -0.15) is 5.10 Å². The van der Waals surface area contributed by atoms with Crippen molar-refractivity contribution in [3.63, 3.8) is 0 Å². The zero-order chi connectivity index (χ0) is 18.6. The molecule has 0 amide bonds. The Morgan fingerprint density at radius 1 is 1.08 bits per heavy atom. The quantitative estimate of drug-likeness (QED) is 0.292. The highest BCUT2D eigenvalue weighted by atomic mass is 32.1. The molecule has 0 unspecified atom stereocenters. The molecule has 0 aliphatic rings. The Kier molecular flexibility index (Phi) is 8.42. The lowest BCUT2D eigenvalue weighted by Gasteiger charge is -2.12. The third kappa shape index (κ3) is 6.72. The monoisotopic (exact) mass is 371 g/mol. The molecule has 0 saturated carbocycles. The molecule has 0 spiro atoms. The van der Waals surface area contributed by atoms with E-state index in [0.717, 1.165) is 35.6 Å². The Morgan fingerprint density at radius 3 is 2.62 bits per heavy atom. The average molecular weight is 372 g/mol. The van der Waals surface area contributed by atoms with Crippen LogP contribution in [0.15, 0.2) is 53.6 Å². The molecule has 0 radical (unpaired) electrons. The van der Waals surface area contributed by atoms with Crippen LogP contribution in [0.2, 0.25) is 0 Å². The van der Waals surface area contributed by atoms with Gasteiger partial charge in [0.1, 0.15) is 0 Å². The van der Waals surface area contributed by atoms with Gasteiger partial charge in [0.05, 0.1) is 19.4 Å². The minimum atomic E-state index is 0.428. The van der Waals surface area contributed by atoms with Crippen molar-refractivity contribution in [1.82, 2.24) is 5.43 Å². The highest BCUT2D eigenvalue weighted by molar-refractivity contribution is 7.80. The van der Waals surface area contributed by atoms with Gasteiger partial charge in [0.15, 0.2) is 16.6 Å². The third-order valence-electron chi connectivity index (χ3n) is 3.43. The van der Waals surface area contributed by atoms with Gasteiger partial charge in [-0.15, -0.1) is 0 Å². The lowest BCUT2D eigenvalue weighted by Crippen LogP contribution is -2.23. The van der Waals surface area contributed by atoms with E-state index in [4.69, 9.17) is 21.7 Å². The number of unbranched alkanes of at least 4 members (excludes halogenated alkanes) is 1. The summed E-state index contributed by atoms with van der Waals surface area (Å²) in [7, 11) is 0. The molecule has 0 aliphatic carbocycles. The zero-order valence-corrected chi connectivity index (χ0v) is 16.0. The van der Waals surface area contributed by atoms with Crippen LogP contribution in [-0.4, -0.2) is 24.5 Å². The molecule has 0 heterocycles. The van der Waals surface area contributed by atoms with E-state index < -0.39 is 0 Å². The molecule has 0 aliphatic heterocycles. The average Bonchev–Trinajstić information content (AvgIpc) is 2.64. The van der Waals surface area contributed by atoms with Crippen LogP contribution < -0.4 is 20.2 Å². The fourth-order valence-corrected chi connectivity index (χ4v) is 2.34. The van der Waals surface area contributed by atoms with Crippen LogP contribution in [0, 0.1) is 0 Å². The van der Waals surface area contributed by atoms with E-state index >= 15 is 0 Å². The molecule has 5 nitrogen and oxygen atoms in total. The molecule has 2 N–H and O–H groups in total. The summed E-state index contributed by atoms with van der Waals surface area (Å²) in [6, 6.07) is 15.4. The first-order valence-corrected chi connectivity index (χ1v) is 9.18. The molecule has 2 aromatic rings. The van der Waals surface area contributed by atoms with E-state index in [2.05, 4.69) is 22.8 Å². The Hall–Kier alpha value is -2.60. The number of nitrogens with one attached hydrogen (secondary N) is 2.